The number of para-hydroxylation sites is 1. The first-order valence-electron chi connectivity index (χ1n) is 9.46. The summed E-state index contributed by atoms with van der Waals surface area (Å²) in [6.07, 6.45) is 0. The zero-order valence-electron chi connectivity index (χ0n) is 15.5. The van der Waals surface area contributed by atoms with Crippen LogP contribution in [0.15, 0.2) is 59.0 Å². The van der Waals surface area contributed by atoms with Gasteiger partial charge in [-0.05, 0) is 24.6 Å². The van der Waals surface area contributed by atoms with Gasteiger partial charge in [0.25, 0.3) is 5.91 Å². The molecule has 1 saturated heterocycles. The monoisotopic (exact) mass is 365 g/mol. The van der Waals surface area contributed by atoms with Gasteiger partial charge >= 0.3 is 0 Å². The fourth-order valence-electron chi connectivity index (χ4n) is 3.53. The Balaban J connectivity index is 1.55. The highest BCUT2D eigenvalue weighted by molar-refractivity contribution is 5.96. The van der Waals surface area contributed by atoms with E-state index in [-0.39, 0.29) is 11.9 Å². The number of ether oxygens (including phenoxy) is 1. The molecule has 27 heavy (non-hydrogen) atoms. The van der Waals surface area contributed by atoms with Crippen molar-refractivity contribution in [3.05, 3.63) is 71.5 Å². The van der Waals surface area contributed by atoms with Crippen molar-refractivity contribution < 1.29 is 18.8 Å². The number of rotatable bonds is 5. The van der Waals surface area contributed by atoms with Crippen molar-refractivity contribution >= 4 is 16.9 Å². The van der Waals surface area contributed by atoms with Gasteiger partial charge in [-0.15, -0.1) is 0 Å². The lowest BCUT2D eigenvalue weighted by molar-refractivity contribution is -0.909. The molecule has 4 rings (SSSR count). The molecule has 140 valence electrons. The molecular formula is C22H25N2O3+. The molecule has 1 aliphatic rings. The second-order valence-electron chi connectivity index (χ2n) is 7.15. The predicted molar refractivity (Wildman–Crippen MR) is 104 cm³/mol. The molecule has 0 aliphatic carbocycles. The molecule has 5 heteroatoms. The molecule has 5 nitrogen and oxygen atoms in total. The van der Waals surface area contributed by atoms with Gasteiger partial charge in [-0.25, -0.2) is 0 Å². The van der Waals surface area contributed by atoms with Crippen LogP contribution in [0.25, 0.3) is 11.0 Å². The Hall–Kier alpha value is -2.63. The Kier molecular flexibility index (Phi) is 5.23. The number of fused-ring (bicyclic) bond motifs is 1. The van der Waals surface area contributed by atoms with Crippen LogP contribution in [0.2, 0.25) is 0 Å². The molecular weight excluding hydrogens is 340 g/mol. The summed E-state index contributed by atoms with van der Waals surface area (Å²) < 4.78 is 11.2. The van der Waals surface area contributed by atoms with E-state index in [4.69, 9.17) is 9.15 Å². The summed E-state index contributed by atoms with van der Waals surface area (Å²) in [5, 5.41) is 4.12. The molecule has 0 radical (unpaired) electrons. The van der Waals surface area contributed by atoms with Crippen molar-refractivity contribution in [3.63, 3.8) is 0 Å². The lowest BCUT2D eigenvalue weighted by atomic mass is 10.0. The SMILES string of the molecule is Cc1ccc([C@H](C[NH+]2CCOCC2)NC(=O)c2cc3ccccc3o2)cc1. The molecule has 3 aromatic rings. The number of amides is 1. The molecule has 1 fully saturated rings. The molecule has 0 spiro atoms. The average molecular weight is 365 g/mol. The molecule has 2 N–H and O–H groups in total. The first-order valence-corrected chi connectivity index (χ1v) is 9.46. The second kappa shape index (κ2) is 7.94. The number of quaternary nitrogens is 1. The molecule has 1 aliphatic heterocycles. The zero-order valence-corrected chi connectivity index (χ0v) is 15.5. The van der Waals surface area contributed by atoms with Crippen LogP contribution >= 0.6 is 0 Å². The van der Waals surface area contributed by atoms with Crippen LogP contribution in [0.3, 0.4) is 0 Å². The summed E-state index contributed by atoms with van der Waals surface area (Å²) >= 11 is 0. The van der Waals surface area contributed by atoms with Gasteiger partial charge in [0, 0.05) is 5.39 Å². The van der Waals surface area contributed by atoms with Gasteiger partial charge < -0.3 is 19.4 Å². The van der Waals surface area contributed by atoms with Crippen molar-refractivity contribution in [2.24, 2.45) is 0 Å². The van der Waals surface area contributed by atoms with E-state index in [0.717, 1.165) is 49.4 Å². The molecule has 1 amide bonds. The van der Waals surface area contributed by atoms with Gasteiger partial charge in [0.05, 0.1) is 13.2 Å². The van der Waals surface area contributed by atoms with Gasteiger partial charge in [0.2, 0.25) is 0 Å². The lowest BCUT2D eigenvalue weighted by Crippen LogP contribution is -3.14. The van der Waals surface area contributed by atoms with Gasteiger partial charge in [-0.3, -0.25) is 4.79 Å². The molecule has 0 unspecified atom stereocenters. The van der Waals surface area contributed by atoms with Crippen molar-refractivity contribution in [3.8, 4) is 0 Å². The van der Waals surface area contributed by atoms with Gasteiger partial charge in [0.15, 0.2) is 5.76 Å². The molecule has 0 saturated carbocycles. The zero-order chi connectivity index (χ0) is 18.6. The first-order chi connectivity index (χ1) is 13.2. The van der Waals surface area contributed by atoms with Crippen LogP contribution in [0, 0.1) is 6.92 Å². The number of carbonyl (C=O) groups is 1. The third-order valence-electron chi connectivity index (χ3n) is 5.13. The summed E-state index contributed by atoms with van der Waals surface area (Å²) in [6, 6.07) is 17.8. The second-order valence-corrected chi connectivity index (χ2v) is 7.15. The van der Waals surface area contributed by atoms with E-state index in [9.17, 15) is 4.79 Å². The number of morpholine rings is 1. The summed E-state index contributed by atoms with van der Waals surface area (Å²) in [5.74, 6) is 0.176. The Morgan fingerprint density at radius 1 is 1.11 bits per heavy atom. The molecule has 1 atom stereocenters. The van der Waals surface area contributed by atoms with Crippen molar-refractivity contribution in [1.29, 1.82) is 0 Å². The number of carbonyl (C=O) groups excluding carboxylic acids is 1. The topological polar surface area (TPSA) is 55.9 Å². The predicted octanol–water partition coefficient (Wildman–Crippen LogP) is 2.13. The lowest BCUT2D eigenvalue weighted by Gasteiger charge is -2.28. The fourth-order valence-corrected chi connectivity index (χ4v) is 3.53. The van der Waals surface area contributed by atoms with Crippen LogP contribution in [-0.4, -0.2) is 38.8 Å². The van der Waals surface area contributed by atoms with E-state index >= 15 is 0 Å². The highest BCUT2D eigenvalue weighted by Gasteiger charge is 2.24. The Morgan fingerprint density at radius 2 is 1.85 bits per heavy atom. The number of aryl methyl sites for hydroxylation is 1. The van der Waals surface area contributed by atoms with Crippen LogP contribution < -0.4 is 10.2 Å². The van der Waals surface area contributed by atoms with E-state index in [1.165, 1.54) is 10.5 Å². The maximum Gasteiger partial charge on any atom is 0.287 e. The minimum absolute atomic E-state index is 0.0700. The largest absolute Gasteiger partial charge is 0.451 e. The minimum atomic E-state index is -0.176. The van der Waals surface area contributed by atoms with E-state index in [1.54, 1.807) is 6.07 Å². The maximum absolute atomic E-state index is 12.9. The summed E-state index contributed by atoms with van der Waals surface area (Å²) in [6.45, 7) is 6.37. The van der Waals surface area contributed by atoms with E-state index < -0.39 is 0 Å². The van der Waals surface area contributed by atoms with Crippen molar-refractivity contribution in [2.75, 3.05) is 32.8 Å². The van der Waals surface area contributed by atoms with Gasteiger partial charge in [0.1, 0.15) is 31.3 Å². The fraction of sp³-hybridized carbons (Fsp3) is 0.318. The molecule has 2 aromatic carbocycles. The van der Waals surface area contributed by atoms with Crippen molar-refractivity contribution in [2.45, 2.75) is 13.0 Å². The molecule has 2 heterocycles. The van der Waals surface area contributed by atoms with E-state index in [0.29, 0.717) is 5.76 Å². The minimum Gasteiger partial charge on any atom is -0.451 e. The smallest absolute Gasteiger partial charge is 0.287 e. The van der Waals surface area contributed by atoms with E-state index in [2.05, 4.69) is 36.5 Å². The Morgan fingerprint density at radius 3 is 2.59 bits per heavy atom. The van der Waals surface area contributed by atoms with E-state index in [1.807, 2.05) is 24.3 Å². The number of nitrogens with one attached hydrogen (secondary N) is 2. The van der Waals surface area contributed by atoms with Crippen molar-refractivity contribution in [1.82, 2.24) is 5.32 Å². The number of benzene rings is 2. The highest BCUT2D eigenvalue weighted by Crippen LogP contribution is 2.20. The number of furan rings is 1. The quantitative estimate of drug-likeness (QED) is 0.728. The van der Waals surface area contributed by atoms with Crippen LogP contribution in [0.4, 0.5) is 0 Å². The average Bonchev–Trinajstić information content (AvgIpc) is 3.13. The van der Waals surface area contributed by atoms with Crippen LogP contribution in [0.5, 0.6) is 0 Å². The van der Waals surface area contributed by atoms with Crippen LogP contribution in [-0.2, 0) is 4.74 Å². The van der Waals surface area contributed by atoms with Crippen LogP contribution in [0.1, 0.15) is 27.7 Å². The third-order valence-corrected chi connectivity index (χ3v) is 5.13. The standard InChI is InChI=1S/C22H24N2O3/c1-16-6-8-17(9-7-16)19(15-24-10-12-26-13-11-24)23-22(25)21-14-18-4-2-3-5-20(18)27-21/h2-9,14,19H,10-13,15H2,1H3,(H,23,25)/p+1/t19-/m0/s1. The summed E-state index contributed by atoms with van der Waals surface area (Å²) in [5.41, 5.74) is 3.05. The van der Waals surface area contributed by atoms with Gasteiger partial charge in [-0.2, -0.15) is 0 Å². The Labute approximate surface area is 158 Å². The third kappa shape index (κ3) is 4.21. The maximum atomic E-state index is 12.9. The first kappa shape index (κ1) is 17.8. The summed E-state index contributed by atoms with van der Waals surface area (Å²) in [7, 11) is 0. The highest BCUT2D eigenvalue weighted by atomic mass is 16.5. The molecule has 1 aromatic heterocycles. The van der Waals surface area contributed by atoms with Gasteiger partial charge in [-0.1, -0.05) is 48.0 Å². The normalized spacial score (nSPS) is 16.3. The molecule has 0 bridgehead atoms. The number of hydrogen-bond donors (Lipinski definition) is 2. The Bertz CT molecular complexity index is 878. The number of hydrogen-bond acceptors (Lipinski definition) is 3. The summed E-state index contributed by atoms with van der Waals surface area (Å²) in [4.78, 5) is 14.3.